The fourth-order valence-corrected chi connectivity index (χ4v) is 5.90. The van der Waals surface area contributed by atoms with Gasteiger partial charge in [-0.25, -0.2) is 9.67 Å². The standard InChI is InChI=1S/C17H28N4/c1-11(2)21-16(19-10-20-21)6-15(18)17-7-12-3-13(8-17)5-14(4-12)9-17/h10-15H,3-9,18H2,1-2H3. The number of hydrogen-bond acceptors (Lipinski definition) is 3. The van der Waals surface area contributed by atoms with Crippen LogP contribution in [0, 0.1) is 23.2 Å². The maximum atomic E-state index is 6.75. The molecule has 4 heteroatoms. The minimum Gasteiger partial charge on any atom is -0.327 e. The third-order valence-corrected chi connectivity index (χ3v) is 6.41. The van der Waals surface area contributed by atoms with E-state index in [4.69, 9.17) is 5.73 Å². The highest BCUT2D eigenvalue weighted by Crippen LogP contribution is 2.61. The van der Waals surface area contributed by atoms with E-state index in [0.29, 0.717) is 11.5 Å². The topological polar surface area (TPSA) is 56.7 Å². The molecule has 4 aliphatic carbocycles. The smallest absolute Gasteiger partial charge is 0.138 e. The lowest BCUT2D eigenvalue weighted by Crippen LogP contribution is -2.55. The van der Waals surface area contributed by atoms with E-state index in [1.54, 1.807) is 6.33 Å². The van der Waals surface area contributed by atoms with Crippen LogP contribution in [0.4, 0.5) is 0 Å². The Bertz CT molecular complexity index is 483. The molecule has 0 aromatic carbocycles. The molecule has 1 atom stereocenters. The summed E-state index contributed by atoms with van der Waals surface area (Å²) in [6.07, 6.45) is 11.1. The van der Waals surface area contributed by atoms with Crippen LogP contribution in [-0.4, -0.2) is 20.8 Å². The van der Waals surface area contributed by atoms with E-state index in [-0.39, 0.29) is 6.04 Å². The summed E-state index contributed by atoms with van der Waals surface area (Å²) in [6.45, 7) is 4.32. The van der Waals surface area contributed by atoms with Gasteiger partial charge in [-0.1, -0.05) is 0 Å². The molecule has 4 saturated carbocycles. The first-order chi connectivity index (χ1) is 10.1. The van der Waals surface area contributed by atoms with Gasteiger partial charge in [-0.3, -0.25) is 0 Å². The fraction of sp³-hybridized carbons (Fsp3) is 0.882. The van der Waals surface area contributed by atoms with E-state index < -0.39 is 0 Å². The van der Waals surface area contributed by atoms with Gasteiger partial charge in [-0.2, -0.15) is 5.10 Å². The SMILES string of the molecule is CC(C)n1ncnc1CC(N)C12CC3CC(CC(C3)C1)C2. The Morgan fingerprint density at radius 2 is 1.76 bits per heavy atom. The second-order valence-corrected chi connectivity index (χ2v) is 8.31. The van der Waals surface area contributed by atoms with Crippen molar-refractivity contribution >= 4 is 0 Å². The molecule has 21 heavy (non-hydrogen) atoms. The van der Waals surface area contributed by atoms with Crippen LogP contribution in [0.5, 0.6) is 0 Å². The molecule has 0 saturated heterocycles. The summed E-state index contributed by atoms with van der Waals surface area (Å²) in [5.41, 5.74) is 7.16. The molecule has 5 rings (SSSR count). The van der Waals surface area contributed by atoms with Crippen LogP contribution in [0.3, 0.4) is 0 Å². The largest absolute Gasteiger partial charge is 0.327 e. The number of rotatable bonds is 4. The minimum atomic E-state index is 0.257. The molecule has 0 aliphatic heterocycles. The van der Waals surface area contributed by atoms with Gasteiger partial charge in [0.2, 0.25) is 0 Å². The van der Waals surface area contributed by atoms with Gasteiger partial charge in [0, 0.05) is 18.5 Å². The first-order valence-electron chi connectivity index (χ1n) is 8.70. The van der Waals surface area contributed by atoms with E-state index >= 15 is 0 Å². The summed E-state index contributed by atoms with van der Waals surface area (Å²) < 4.78 is 2.04. The molecule has 0 amide bonds. The van der Waals surface area contributed by atoms with Crippen LogP contribution in [0.15, 0.2) is 6.33 Å². The Kier molecular flexibility index (Phi) is 3.14. The fourth-order valence-electron chi connectivity index (χ4n) is 5.90. The molecule has 0 spiro atoms. The minimum absolute atomic E-state index is 0.257. The van der Waals surface area contributed by atoms with Gasteiger partial charge in [0.15, 0.2) is 0 Å². The summed E-state index contributed by atoms with van der Waals surface area (Å²) in [5.74, 6) is 3.97. The first-order valence-corrected chi connectivity index (χ1v) is 8.70. The van der Waals surface area contributed by atoms with Crippen molar-refractivity contribution in [3.63, 3.8) is 0 Å². The van der Waals surface area contributed by atoms with Crippen LogP contribution in [0.1, 0.15) is 64.2 Å². The molecule has 4 nitrogen and oxygen atoms in total. The Morgan fingerprint density at radius 1 is 1.19 bits per heavy atom. The van der Waals surface area contributed by atoms with Crippen LogP contribution in [0.2, 0.25) is 0 Å². The van der Waals surface area contributed by atoms with Gasteiger partial charge in [0.05, 0.1) is 0 Å². The zero-order valence-electron chi connectivity index (χ0n) is 13.3. The molecule has 4 aliphatic rings. The molecule has 4 bridgehead atoms. The lowest BCUT2D eigenvalue weighted by molar-refractivity contribution is -0.0671. The quantitative estimate of drug-likeness (QED) is 0.926. The number of hydrogen-bond donors (Lipinski definition) is 1. The third kappa shape index (κ3) is 2.23. The zero-order valence-corrected chi connectivity index (χ0v) is 13.3. The van der Waals surface area contributed by atoms with Crippen LogP contribution in [0.25, 0.3) is 0 Å². The third-order valence-electron chi connectivity index (χ3n) is 6.41. The second kappa shape index (κ2) is 4.80. The predicted octanol–water partition coefficient (Wildman–Crippen LogP) is 2.95. The molecule has 1 aromatic heterocycles. The van der Waals surface area contributed by atoms with Crippen molar-refractivity contribution in [3.05, 3.63) is 12.2 Å². The molecule has 0 radical (unpaired) electrons. The van der Waals surface area contributed by atoms with Crippen molar-refractivity contribution in [2.75, 3.05) is 0 Å². The molecule has 1 aromatic rings. The Morgan fingerprint density at radius 3 is 2.29 bits per heavy atom. The van der Waals surface area contributed by atoms with Gasteiger partial charge in [-0.15, -0.1) is 0 Å². The van der Waals surface area contributed by atoms with Crippen molar-refractivity contribution in [2.45, 2.75) is 70.9 Å². The number of nitrogens with zero attached hydrogens (tertiary/aromatic N) is 3. The highest BCUT2D eigenvalue weighted by molar-refractivity contribution is 5.07. The maximum Gasteiger partial charge on any atom is 0.138 e. The lowest BCUT2D eigenvalue weighted by atomic mass is 9.47. The highest BCUT2D eigenvalue weighted by Gasteiger charge is 2.53. The van der Waals surface area contributed by atoms with Gasteiger partial charge in [-0.05, 0) is 75.5 Å². The van der Waals surface area contributed by atoms with Gasteiger partial charge in [0.25, 0.3) is 0 Å². The monoisotopic (exact) mass is 288 g/mol. The average molecular weight is 288 g/mol. The van der Waals surface area contributed by atoms with E-state index in [9.17, 15) is 0 Å². The molecule has 4 fully saturated rings. The summed E-state index contributed by atoms with van der Waals surface area (Å²) >= 11 is 0. The maximum absolute atomic E-state index is 6.75. The highest BCUT2D eigenvalue weighted by atomic mass is 15.3. The Balaban J connectivity index is 1.54. The van der Waals surface area contributed by atoms with E-state index in [1.165, 1.54) is 38.5 Å². The molecular weight excluding hydrogens is 260 g/mol. The molecule has 2 N–H and O–H groups in total. The zero-order chi connectivity index (χ0) is 14.6. The summed E-state index contributed by atoms with van der Waals surface area (Å²) in [4.78, 5) is 4.48. The van der Waals surface area contributed by atoms with Gasteiger partial charge < -0.3 is 5.73 Å². The first kappa shape index (κ1) is 13.7. The predicted molar refractivity (Wildman–Crippen MR) is 82.7 cm³/mol. The normalized spacial score (nSPS) is 39.1. The summed E-state index contributed by atoms with van der Waals surface area (Å²) in [5, 5.41) is 4.37. The van der Waals surface area contributed by atoms with E-state index in [2.05, 4.69) is 23.9 Å². The molecule has 116 valence electrons. The van der Waals surface area contributed by atoms with Crippen molar-refractivity contribution < 1.29 is 0 Å². The summed E-state index contributed by atoms with van der Waals surface area (Å²) in [7, 11) is 0. The molecular formula is C17H28N4. The average Bonchev–Trinajstić information content (AvgIpc) is 2.85. The Hall–Kier alpha value is -0.900. The van der Waals surface area contributed by atoms with Crippen molar-refractivity contribution in [1.29, 1.82) is 0 Å². The Labute approximate surface area is 127 Å². The van der Waals surface area contributed by atoms with Crippen LogP contribution < -0.4 is 5.73 Å². The van der Waals surface area contributed by atoms with Gasteiger partial charge in [0.1, 0.15) is 12.2 Å². The van der Waals surface area contributed by atoms with Crippen molar-refractivity contribution in [1.82, 2.24) is 14.8 Å². The summed E-state index contributed by atoms with van der Waals surface area (Å²) in [6, 6.07) is 0.624. The van der Waals surface area contributed by atoms with Crippen molar-refractivity contribution in [2.24, 2.45) is 28.9 Å². The number of aromatic nitrogens is 3. The lowest BCUT2D eigenvalue weighted by Gasteiger charge is -2.59. The van der Waals surface area contributed by atoms with Crippen molar-refractivity contribution in [3.8, 4) is 0 Å². The molecule has 1 unspecified atom stereocenters. The second-order valence-electron chi connectivity index (χ2n) is 8.31. The number of nitrogens with two attached hydrogens (primary N) is 1. The van der Waals surface area contributed by atoms with Gasteiger partial charge >= 0.3 is 0 Å². The van der Waals surface area contributed by atoms with E-state index in [1.807, 2.05) is 4.68 Å². The van der Waals surface area contributed by atoms with Crippen LogP contribution >= 0.6 is 0 Å². The van der Waals surface area contributed by atoms with Crippen LogP contribution in [-0.2, 0) is 6.42 Å². The molecule has 1 heterocycles. The van der Waals surface area contributed by atoms with E-state index in [0.717, 1.165) is 30.0 Å².